The van der Waals surface area contributed by atoms with Gasteiger partial charge in [-0.15, -0.1) is 0 Å². The molecule has 68 valence electrons. The minimum atomic E-state index is 1.18. The molecule has 0 heterocycles. The average Bonchev–Trinajstić information content (AvgIpc) is 2.66. The maximum Gasteiger partial charge on any atom is -0.0114 e. The summed E-state index contributed by atoms with van der Waals surface area (Å²) in [6, 6.07) is 11.0. The fraction of sp³-hybridized carbons (Fsp3) is 0.143. The van der Waals surface area contributed by atoms with Gasteiger partial charge in [0, 0.05) is 0 Å². The van der Waals surface area contributed by atoms with E-state index in [1.807, 2.05) is 6.08 Å². The molecule has 2 aromatic carbocycles. The summed E-state index contributed by atoms with van der Waals surface area (Å²) >= 11 is 0. The molecule has 3 rings (SSSR count). The number of hydrogen-bond donors (Lipinski definition) is 0. The largest absolute Gasteiger partial charge is 0.0985 e. The van der Waals surface area contributed by atoms with E-state index in [0.717, 1.165) is 0 Å². The van der Waals surface area contributed by atoms with Crippen molar-refractivity contribution in [3.63, 3.8) is 0 Å². The molecule has 0 radical (unpaired) electrons. The normalized spacial score (nSPS) is 13.4. The summed E-state index contributed by atoms with van der Waals surface area (Å²) in [4.78, 5) is 0. The van der Waals surface area contributed by atoms with Crippen molar-refractivity contribution >= 4 is 16.8 Å². The molecule has 2 aromatic rings. The van der Waals surface area contributed by atoms with E-state index >= 15 is 0 Å². The molecule has 0 saturated heterocycles. The van der Waals surface area contributed by atoms with Crippen molar-refractivity contribution in [1.82, 2.24) is 0 Å². The molecule has 0 N–H and O–H groups in total. The molecule has 1 aliphatic carbocycles. The highest BCUT2D eigenvalue weighted by Crippen LogP contribution is 2.33. The lowest BCUT2D eigenvalue weighted by molar-refractivity contribution is 1.02. The van der Waals surface area contributed by atoms with Gasteiger partial charge in [0.15, 0.2) is 0 Å². The van der Waals surface area contributed by atoms with E-state index in [9.17, 15) is 0 Å². The molecule has 0 aliphatic heterocycles. The maximum absolute atomic E-state index is 3.87. The van der Waals surface area contributed by atoms with Crippen LogP contribution in [-0.2, 0) is 12.8 Å². The predicted molar refractivity (Wildman–Crippen MR) is 61.4 cm³/mol. The van der Waals surface area contributed by atoms with E-state index in [1.54, 1.807) is 0 Å². The van der Waals surface area contributed by atoms with E-state index in [0.29, 0.717) is 0 Å². The van der Waals surface area contributed by atoms with Gasteiger partial charge >= 0.3 is 0 Å². The first-order valence-corrected chi connectivity index (χ1v) is 5.06. The molecule has 0 amide bonds. The third kappa shape index (κ3) is 0.884. The zero-order valence-electron chi connectivity index (χ0n) is 8.09. The van der Waals surface area contributed by atoms with Crippen LogP contribution in [-0.4, -0.2) is 0 Å². The van der Waals surface area contributed by atoms with Gasteiger partial charge in [0.05, 0.1) is 0 Å². The second kappa shape index (κ2) is 2.71. The average molecular weight is 180 g/mol. The summed E-state index contributed by atoms with van der Waals surface area (Å²) in [6.45, 7) is 3.87. The fourth-order valence-corrected chi connectivity index (χ4v) is 2.48. The van der Waals surface area contributed by atoms with Gasteiger partial charge in [-0.3, -0.25) is 0 Å². The van der Waals surface area contributed by atoms with E-state index in [4.69, 9.17) is 0 Å². The summed E-state index contributed by atoms with van der Waals surface area (Å²) in [5.41, 5.74) is 4.30. The van der Waals surface area contributed by atoms with Crippen LogP contribution in [0.15, 0.2) is 36.9 Å². The quantitative estimate of drug-likeness (QED) is 0.629. The van der Waals surface area contributed by atoms with Crippen LogP contribution >= 0.6 is 0 Å². The summed E-state index contributed by atoms with van der Waals surface area (Å²) in [6.07, 6.45) is 4.34. The van der Waals surface area contributed by atoms with Crippen molar-refractivity contribution in [1.29, 1.82) is 0 Å². The molecule has 14 heavy (non-hydrogen) atoms. The lowest BCUT2D eigenvalue weighted by atomic mass is 10.0. The third-order valence-corrected chi connectivity index (χ3v) is 3.14. The predicted octanol–water partition coefficient (Wildman–Crippen LogP) is 3.58. The van der Waals surface area contributed by atoms with Crippen LogP contribution < -0.4 is 0 Å². The van der Waals surface area contributed by atoms with Crippen LogP contribution in [0.2, 0.25) is 0 Å². The summed E-state index contributed by atoms with van der Waals surface area (Å²) in [5, 5.41) is 2.85. The standard InChI is InChI=1S/C14H12/c1-2-10-6-7-11-4-3-5-12-8-9-13(10)14(11)12/h2-7H,1,8-9H2. The van der Waals surface area contributed by atoms with E-state index in [-0.39, 0.29) is 0 Å². The van der Waals surface area contributed by atoms with Crippen molar-refractivity contribution in [3.05, 3.63) is 53.6 Å². The Bertz CT molecular complexity index is 521. The Balaban J connectivity index is 2.51. The Kier molecular flexibility index (Phi) is 1.51. The molecule has 0 bridgehead atoms. The summed E-state index contributed by atoms with van der Waals surface area (Å²) in [5.74, 6) is 0. The van der Waals surface area contributed by atoms with Crippen LogP contribution in [0.25, 0.3) is 16.8 Å². The molecular weight excluding hydrogens is 168 g/mol. The van der Waals surface area contributed by atoms with Gasteiger partial charge in [-0.1, -0.05) is 43.0 Å². The van der Waals surface area contributed by atoms with E-state index in [2.05, 4.69) is 36.9 Å². The number of hydrogen-bond acceptors (Lipinski definition) is 0. The van der Waals surface area contributed by atoms with E-state index in [1.165, 1.54) is 40.3 Å². The Hall–Kier alpha value is -1.56. The molecule has 0 nitrogen and oxygen atoms in total. The smallest absolute Gasteiger partial charge is 0.0114 e. The molecule has 0 saturated carbocycles. The molecule has 0 spiro atoms. The second-order valence-corrected chi connectivity index (χ2v) is 3.85. The van der Waals surface area contributed by atoms with Gasteiger partial charge in [0.2, 0.25) is 0 Å². The Labute approximate surface area is 83.9 Å². The Morgan fingerprint density at radius 2 is 2.00 bits per heavy atom. The fourth-order valence-electron chi connectivity index (χ4n) is 2.48. The van der Waals surface area contributed by atoms with Gasteiger partial charge in [-0.25, -0.2) is 0 Å². The number of rotatable bonds is 1. The monoisotopic (exact) mass is 180 g/mol. The number of benzene rings is 2. The molecule has 0 atom stereocenters. The summed E-state index contributed by atoms with van der Waals surface area (Å²) in [7, 11) is 0. The Morgan fingerprint density at radius 1 is 1.07 bits per heavy atom. The van der Waals surface area contributed by atoms with Gasteiger partial charge < -0.3 is 0 Å². The van der Waals surface area contributed by atoms with Crippen molar-refractivity contribution in [3.8, 4) is 0 Å². The van der Waals surface area contributed by atoms with Crippen LogP contribution in [0.1, 0.15) is 16.7 Å². The van der Waals surface area contributed by atoms with Crippen LogP contribution in [0, 0.1) is 0 Å². The van der Waals surface area contributed by atoms with Crippen LogP contribution in [0.4, 0.5) is 0 Å². The molecule has 0 heteroatoms. The first kappa shape index (κ1) is 7.81. The van der Waals surface area contributed by atoms with Gasteiger partial charge in [-0.2, -0.15) is 0 Å². The van der Waals surface area contributed by atoms with Crippen molar-refractivity contribution in [2.75, 3.05) is 0 Å². The van der Waals surface area contributed by atoms with Gasteiger partial charge in [0.1, 0.15) is 0 Å². The lowest BCUT2D eigenvalue weighted by Crippen LogP contribution is -1.84. The third-order valence-electron chi connectivity index (χ3n) is 3.14. The highest BCUT2D eigenvalue weighted by Gasteiger charge is 2.15. The topological polar surface area (TPSA) is 0 Å². The first-order valence-electron chi connectivity index (χ1n) is 5.06. The van der Waals surface area contributed by atoms with Crippen LogP contribution in [0.3, 0.4) is 0 Å². The zero-order valence-corrected chi connectivity index (χ0v) is 8.09. The SMILES string of the molecule is C=Cc1ccc2cccc3c2c1CC3. The molecular formula is C14H12. The maximum atomic E-state index is 3.87. The molecule has 0 fully saturated rings. The van der Waals surface area contributed by atoms with Crippen molar-refractivity contribution in [2.45, 2.75) is 12.8 Å². The molecule has 1 aliphatic rings. The van der Waals surface area contributed by atoms with Crippen molar-refractivity contribution in [2.24, 2.45) is 0 Å². The zero-order chi connectivity index (χ0) is 9.54. The van der Waals surface area contributed by atoms with Crippen molar-refractivity contribution < 1.29 is 0 Å². The summed E-state index contributed by atoms with van der Waals surface area (Å²) < 4.78 is 0. The lowest BCUT2D eigenvalue weighted by Gasteiger charge is -2.04. The highest BCUT2D eigenvalue weighted by molar-refractivity contribution is 5.93. The van der Waals surface area contributed by atoms with Gasteiger partial charge in [0.25, 0.3) is 0 Å². The minimum Gasteiger partial charge on any atom is -0.0985 e. The van der Waals surface area contributed by atoms with E-state index < -0.39 is 0 Å². The minimum absolute atomic E-state index is 1.18. The van der Waals surface area contributed by atoms with Crippen LogP contribution in [0.5, 0.6) is 0 Å². The first-order chi connectivity index (χ1) is 6.90. The highest BCUT2D eigenvalue weighted by atomic mass is 14.2. The molecule has 0 aromatic heterocycles. The number of aryl methyl sites for hydroxylation is 2. The Morgan fingerprint density at radius 3 is 2.86 bits per heavy atom. The second-order valence-electron chi connectivity index (χ2n) is 3.85. The molecule has 0 unspecified atom stereocenters. The van der Waals surface area contributed by atoms with Gasteiger partial charge in [-0.05, 0) is 40.3 Å².